The summed E-state index contributed by atoms with van der Waals surface area (Å²) in [7, 11) is 0. The molecule has 0 heterocycles. The van der Waals surface area contributed by atoms with E-state index in [1.807, 2.05) is 32.0 Å². The van der Waals surface area contributed by atoms with Crippen LogP contribution in [-0.2, 0) is 11.2 Å². The standard InChI is InChI=1S/C26H43NO3/c1-20(2)18-24(28)26(30)23(19-22-15-9-4-10-16-22)27-25(29)17-11-5-8-14-21-12-6-3-7-13-21/h3,6-7,12-13,20,22-24,26,28,30H,4-5,8-11,14-19H2,1-2H3,(H,27,29)/t23-,24-,26+/m0/s1/i4T,9T,10T,15T,16T,22T/t4?,9?,10?,15?,16?,22?,23-,24-,26+. The molecule has 7 atom stereocenters. The SMILES string of the molecule is [3H]C1C([3H])C([3H])C([3H])(C[C@H](NC(=O)CCCCCc2ccccc2)[C@@H](O)[C@@H](O)CC(C)C)C([3H])C1[3H]. The number of nitrogens with one attached hydrogen (secondary N) is 1. The van der Waals surface area contributed by atoms with E-state index in [1.54, 1.807) is 0 Å². The average Bonchev–Trinajstić information content (AvgIpc) is 2.84. The van der Waals surface area contributed by atoms with E-state index in [0.29, 0.717) is 6.42 Å². The molecular weight excluding hydrogens is 374 g/mol. The summed E-state index contributed by atoms with van der Waals surface area (Å²) in [6.45, 7) is 3.77. The number of carbonyl (C=O) groups is 1. The summed E-state index contributed by atoms with van der Waals surface area (Å²) in [5.74, 6) is -2.22. The summed E-state index contributed by atoms with van der Waals surface area (Å²) in [5, 5.41) is 24.2. The molecule has 1 saturated carbocycles. The molecular formula is C26H43NO3. The maximum Gasteiger partial charge on any atom is 0.220 e. The van der Waals surface area contributed by atoms with Gasteiger partial charge in [0.15, 0.2) is 0 Å². The number of hydrogen-bond acceptors (Lipinski definition) is 3. The van der Waals surface area contributed by atoms with Crippen LogP contribution < -0.4 is 5.32 Å². The van der Waals surface area contributed by atoms with Gasteiger partial charge in [-0.15, -0.1) is 0 Å². The molecule has 0 aromatic heterocycles. The summed E-state index contributed by atoms with van der Waals surface area (Å²) in [6.07, 6.45) is -6.00. The van der Waals surface area contributed by atoms with Gasteiger partial charge in [-0.1, -0.05) is 82.6 Å². The van der Waals surface area contributed by atoms with E-state index >= 15 is 0 Å². The van der Waals surface area contributed by atoms with Gasteiger partial charge in [0.2, 0.25) is 5.91 Å². The summed E-state index contributed by atoms with van der Waals surface area (Å²) < 4.78 is 49.9. The molecule has 3 N–H and O–H groups in total. The second-order valence-corrected chi connectivity index (χ2v) is 8.60. The van der Waals surface area contributed by atoms with Crippen molar-refractivity contribution < 1.29 is 23.2 Å². The molecule has 1 fully saturated rings. The minimum absolute atomic E-state index is 0.0717. The second-order valence-electron chi connectivity index (χ2n) is 8.60. The number of hydrogen-bond donors (Lipinski definition) is 3. The Labute approximate surface area is 191 Å². The van der Waals surface area contributed by atoms with Crippen LogP contribution in [0.3, 0.4) is 0 Å². The molecule has 1 aromatic rings. The smallest absolute Gasteiger partial charge is 0.220 e. The lowest BCUT2D eigenvalue weighted by molar-refractivity contribution is -0.124. The number of rotatable bonds is 13. The van der Waals surface area contributed by atoms with Crippen molar-refractivity contribution in [3.8, 4) is 0 Å². The van der Waals surface area contributed by atoms with Gasteiger partial charge in [0, 0.05) is 14.6 Å². The van der Waals surface area contributed by atoms with Gasteiger partial charge >= 0.3 is 0 Å². The first-order chi connectivity index (χ1) is 16.9. The van der Waals surface area contributed by atoms with Crippen molar-refractivity contribution in [2.24, 2.45) is 11.8 Å². The van der Waals surface area contributed by atoms with Gasteiger partial charge in [-0.25, -0.2) is 0 Å². The quantitative estimate of drug-likeness (QED) is 0.386. The van der Waals surface area contributed by atoms with Crippen molar-refractivity contribution >= 4 is 5.91 Å². The molecule has 1 aliphatic carbocycles. The van der Waals surface area contributed by atoms with Crippen molar-refractivity contribution in [3.63, 3.8) is 0 Å². The van der Waals surface area contributed by atoms with Crippen LogP contribution in [0.5, 0.6) is 0 Å². The number of benzene rings is 1. The summed E-state index contributed by atoms with van der Waals surface area (Å²) in [5.41, 5.74) is 1.24. The van der Waals surface area contributed by atoms with Crippen molar-refractivity contribution in [2.45, 2.75) is 109 Å². The third kappa shape index (κ3) is 9.61. The van der Waals surface area contributed by atoms with E-state index in [4.69, 9.17) is 8.22 Å². The van der Waals surface area contributed by atoms with Crippen LogP contribution in [0.4, 0.5) is 0 Å². The maximum absolute atomic E-state index is 12.8. The highest BCUT2D eigenvalue weighted by Gasteiger charge is 2.30. The molecule has 0 aliphatic heterocycles. The van der Waals surface area contributed by atoms with Gasteiger partial charge in [0.1, 0.15) is 6.10 Å². The van der Waals surface area contributed by atoms with Crippen molar-refractivity contribution in [2.75, 3.05) is 0 Å². The molecule has 0 saturated heterocycles. The normalized spacial score (nSPS) is 37.6. The zero-order valence-corrected chi connectivity index (χ0v) is 18.3. The van der Waals surface area contributed by atoms with Crippen molar-refractivity contribution in [3.05, 3.63) is 35.9 Å². The van der Waals surface area contributed by atoms with Crippen molar-refractivity contribution in [1.29, 1.82) is 0 Å². The Morgan fingerprint density at radius 2 is 1.83 bits per heavy atom. The van der Waals surface area contributed by atoms with Crippen LogP contribution >= 0.6 is 0 Å². The number of unbranched alkanes of at least 4 members (excludes halogenated alkanes) is 2. The Morgan fingerprint density at radius 1 is 1.13 bits per heavy atom. The summed E-state index contributed by atoms with van der Waals surface area (Å²) >= 11 is 0. The van der Waals surface area contributed by atoms with Crippen LogP contribution in [0.15, 0.2) is 30.3 Å². The molecule has 0 spiro atoms. The molecule has 1 aromatic carbocycles. The predicted molar refractivity (Wildman–Crippen MR) is 123 cm³/mol. The molecule has 0 radical (unpaired) electrons. The van der Waals surface area contributed by atoms with E-state index in [2.05, 4.69) is 17.4 Å². The van der Waals surface area contributed by atoms with Gasteiger partial charge < -0.3 is 15.5 Å². The first kappa shape index (κ1) is 17.2. The fraction of sp³-hybridized carbons (Fsp3) is 0.731. The highest BCUT2D eigenvalue weighted by atomic mass is 16.3. The Kier molecular flexibility index (Phi) is 7.92. The maximum atomic E-state index is 12.8. The Morgan fingerprint density at radius 3 is 2.50 bits per heavy atom. The predicted octanol–water partition coefficient (Wildman–Crippen LogP) is 5.01. The molecule has 1 aliphatic rings. The number of carbonyl (C=O) groups excluding carboxylic acids is 1. The fourth-order valence-electron chi connectivity index (χ4n) is 3.73. The average molecular weight is 430 g/mol. The Balaban J connectivity index is 2.04. The van der Waals surface area contributed by atoms with E-state index in [-0.39, 0.29) is 31.1 Å². The molecule has 170 valence electrons. The molecule has 4 unspecified atom stereocenters. The first-order valence-corrected chi connectivity index (χ1v) is 11.2. The lowest BCUT2D eigenvalue weighted by Crippen LogP contribution is -2.49. The highest BCUT2D eigenvalue weighted by Crippen LogP contribution is 2.29. The Hall–Kier alpha value is -1.39. The zero-order valence-electron chi connectivity index (χ0n) is 24.3. The lowest BCUT2D eigenvalue weighted by atomic mass is 9.82. The van der Waals surface area contributed by atoms with E-state index in [1.165, 1.54) is 5.56 Å². The van der Waals surface area contributed by atoms with Crippen LogP contribution in [-0.4, -0.2) is 34.4 Å². The van der Waals surface area contributed by atoms with E-state index < -0.39 is 56.1 Å². The first-order valence-electron chi connectivity index (χ1n) is 14.6. The van der Waals surface area contributed by atoms with E-state index in [0.717, 1.165) is 19.3 Å². The third-order valence-corrected chi connectivity index (χ3v) is 5.38. The Bertz CT molecular complexity index is 785. The lowest BCUT2D eigenvalue weighted by Gasteiger charge is -2.32. The zero-order chi connectivity index (χ0) is 27.0. The minimum Gasteiger partial charge on any atom is -0.390 e. The monoisotopic (exact) mass is 429 g/mol. The minimum atomic E-state index is -1.94. The molecule has 30 heavy (non-hydrogen) atoms. The van der Waals surface area contributed by atoms with Crippen LogP contribution in [0, 0.1) is 11.8 Å². The molecule has 2 rings (SSSR count). The van der Waals surface area contributed by atoms with Gasteiger partial charge in [0.05, 0.1) is 12.1 Å². The van der Waals surface area contributed by atoms with Gasteiger partial charge in [-0.05, 0) is 49.5 Å². The van der Waals surface area contributed by atoms with Crippen LogP contribution in [0.2, 0.25) is 0 Å². The summed E-state index contributed by atoms with van der Waals surface area (Å²) in [4.78, 5) is 12.8. The van der Waals surface area contributed by atoms with E-state index in [9.17, 15) is 15.0 Å². The highest BCUT2D eigenvalue weighted by molar-refractivity contribution is 5.76. The number of aliphatic hydroxyl groups excluding tert-OH is 2. The van der Waals surface area contributed by atoms with Gasteiger partial charge in [0.25, 0.3) is 0 Å². The van der Waals surface area contributed by atoms with Crippen LogP contribution in [0.1, 0.15) is 98.1 Å². The number of amides is 1. The fourth-order valence-corrected chi connectivity index (χ4v) is 3.73. The number of aliphatic hydroxyl groups is 2. The molecule has 0 bridgehead atoms. The van der Waals surface area contributed by atoms with Crippen LogP contribution in [0.25, 0.3) is 0 Å². The summed E-state index contributed by atoms with van der Waals surface area (Å²) in [6, 6.07) is 8.98. The second kappa shape index (κ2) is 13.8. The van der Waals surface area contributed by atoms with Gasteiger partial charge in [-0.2, -0.15) is 0 Å². The molecule has 4 heteroatoms. The number of aryl methyl sites for hydroxylation is 1. The largest absolute Gasteiger partial charge is 0.390 e. The molecule has 1 amide bonds. The third-order valence-electron chi connectivity index (χ3n) is 5.38. The van der Waals surface area contributed by atoms with Gasteiger partial charge in [-0.3, -0.25) is 4.79 Å². The molecule has 4 nitrogen and oxygen atoms in total. The topological polar surface area (TPSA) is 69.6 Å². The van der Waals surface area contributed by atoms with Crippen molar-refractivity contribution in [1.82, 2.24) is 5.32 Å².